The Labute approximate surface area is 167 Å². The number of carbonyl (C=O) groups is 1. The first kappa shape index (κ1) is 19.3. The Kier molecular flexibility index (Phi) is 6.37. The highest BCUT2D eigenvalue weighted by molar-refractivity contribution is 6.35. The maximum atomic E-state index is 12.4. The predicted octanol–water partition coefficient (Wildman–Crippen LogP) is 4.72. The SMILES string of the molecule is CCn1nccc1CNC(=O)c1cccc(COc2ccc(Cl)cc2Cl)c1. The molecule has 0 saturated carbocycles. The number of carbonyl (C=O) groups excluding carboxylic acids is 1. The van der Waals surface area contributed by atoms with Crippen molar-refractivity contribution < 1.29 is 9.53 Å². The number of rotatable bonds is 7. The van der Waals surface area contributed by atoms with Crippen LogP contribution in [-0.2, 0) is 19.7 Å². The van der Waals surface area contributed by atoms with Gasteiger partial charge in [0.2, 0.25) is 0 Å². The number of hydrogen-bond acceptors (Lipinski definition) is 3. The van der Waals surface area contributed by atoms with Crippen molar-refractivity contribution in [1.29, 1.82) is 0 Å². The molecule has 0 aliphatic carbocycles. The van der Waals surface area contributed by atoms with Crippen molar-refractivity contribution in [1.82, 2.24) is 15.1 Å². The van der Waals surface area contributed by atoms with Gasteiger partial charge in [0.1, 0.15) is 12.4 Å². The van der Waals surface area contributed by atoms with Crippen molar-refractivity contribution in [2.24, 2.45) is 0 Å². The fourth-order valence-corrected chi connectivity index (χ4v) is 3.09. The first-order valence-corrected chi connectivity index (χ1v) is 9.28. The average molecular weight is 404 g/mol. The van der Waals surface area contributed by atoms with Crippen LogP contribution in [0.3, 0.4) is 0 Å². The summed E-state index contributed by atoms with van der Waals surface area (Å²) in [6, 6.07) is 14.3. The molecule has 140 valence electrons. The lowest BCUT2D eigenvalue weighted by atomic mass is 10.1. The van der Waals surface area contributed by atoms with E-state index in [4.69, 9.17) is 27.9 Å². The van der Waals surface area contributed by atoms with Crippen molar-refractivity contribution in [2.75, 3.05) is 0 Å². The summed E-state index contributed by atoms with van der Waals surface area (Å²) in [5.74, 6) is 0.397. The van der Waals surface area contributed by atoms with Crippen LogP contribution in [0.5, 0.6) is 5.75 Å². The number of aryl methyl sites for hydroxylation is 1. The highest BCUT2D eigenvalue weighted by Crippen LogP contribution is 2.28. The summed E-state index contributed by atoms with van der Waals surface area (Å²) in [4.78, 5) is 12.4. The van der Waals surface area contributed by atoms with Crippen LogP contribution in [0, 0.1) is 0 Å². The van der Waals surface area contributed by atoms with E-state index in [9.17, 15) is 4.79 Å². The molecule has 1 N–H and O–H groups in total. The number of benzene rings is 2. The molecule has 1 heterocycles. The van der Waals surface area contributed by atoms with E-state index in [0.29, 0.717) is 34.5 Å². The van der Waals surface area contributed by atoms with Gasteiger partial charge >= 0.3 is 0 Å². The highest BCUT2D eigenvalue weighted by atomic mass is 35.5. The summed E-state index contributed by atoms with van der Waals surface area (Å²) in [7, 11) is 0. The van der Waals surface area contributed by atoms with Gasteiger partial charge in [-0.15, -0.1) is 0 Å². The Morgan fingerprint density at radius 1 is 1.19 bits per heavy atom. The predicted molar refractivity (Wildman–Crippen MR) is 106 cm³/mol. The lowest BCUT2D eigenvalue weighted by Crippen LogP contribution is -2.24. The number of hydrogen-bond donors (Lipinski definition) is 1. The van der Waals surface area contributed by atoms with Gasteiger partial charge in [0.15, 0.2) is 0 Å². The van der Waals surface area contributed by atoms with Gasteiger partial charge in [0.25, 0.3) is 5.91 Å². The maximum absolute atomic E-state index is 12.4. The molecule has 1 amide bonds. The lowest BCUT2D eigenvalue weighted by molar-refractivity contribution is 0.0949. The molecule has 0 atom stereocenters. The second kappa shape index (κ2) is 8.93. The van der Waals surface area contributed by atoms with E-state index in [1.165, 1.54) is 0 Å². The lowest BCUT2D eigenvalue weighted by Gasteiger charge is -2.10. The Balaban J connectivity index is 1.61. The van der Waals surface area contributed by atoms with Crippen LogP contribution in [0.2, 0.25) is 10.0 Å². The molecule has 3 aromatic rings. The van der Waals surface area contributed by atoms with Gasteiger partial charge in [0, 0.05) is 23.3 Å². The molecule has 0 unspecified atom stereocenters. The summed E-state index contributed by atoms with van der Waals surface area (Å²) >= 11 is 12.0. The number of ether oxygens (including phenoxy) is 1. The first-order chi connectivity index (χ1) is 13.1. The summed E-state index contributed by atoms with van der Waals surface area (Å²) in [6.45, 7) is 3.49. The van der Waals surface area contributed by atoms with Crippen molar-refractivity contribution in [3.05, 3.63) is 81.6 Å². The first-order valence-electron chi connectivity index (χ1n) is 8.52. The van der Waals surface area contributed by atoms with E-state index in [-0.39, 0.29) is 5.91 Å². The number of nitrogens with zero attached hydrogens (tertiary/aromatic N) is 2. The molecule has 2 aromatic carbocycles. The fraction of sp³-hybridized carbons (Fsp3) is 0.200. The van der Waals surface area contributed by atoms with Crippen molar-refractivity contribution in [3.63, 3.8) is 0 Å². The molecule has 1 aromatic heterocycles. The van der Waals surface area contributed by atoms with Crippen LogP contribution in [0.25, 0.3) is 0 Å². The topological polar surface area (TPSA) is 56.2 Å². The van der Waals surface area contributed by atoms with Gasteiger partial charge in [0.05, 0.1) is 17.3 Å². The monoisotopic (exact) mass is 403 g/mol. The summed E-state index contributed by atoms with van der Waals surface area (Å²) in [5.41, 5.74) is 2.40. The molecular weight excluding hydrogens is 385 g/mol. The van der Waals surface area contributed by atoms with Crippen LogP contribution in [0.15, 0.2) is 54.7 Å². The standard InChI is InChI=1S/C20H19Cl2N3O2/c1-2-25-17(8-9-24-25)12-23-20(26)15-5-3-4-14(10-15)13-27-19-7-6-16(21)11-18(19)22/h3-11H,2,12-13H2,1H3,(H,23,26). The van der Waals surface area contributed by atoms with Crippen LogP contribution >= 0.6 is 23.2 Å². The van der Waals surface area contributed by atoms with Crippen LogP contribution in [-0.4, -0.2) is 15.7 Å². The van der Waals surface area contributed by atoms with Crippen LogP contribution in [0.1, 0.15) is 28.5 Å². The fourth-order valence-electron chi connectivity index (χ4n) is 2.62. The molecule has 0 aliphatic heterocycles. The highest BCUT2D eigenvalue weighted by Gasteiger charge is 2.09. The number of amides is 1. The minimum atomic E-state index is -0.148. The molecule has 0 saturated heterocycles. The third kappa shape index (κ3) is 5.02. The van der Waals surface area contributed by atoms with Crippen molar-refractivity contribution in [3.8, 4) is 5.75 Å². The molecule has 0 spiro atoms. The Morgan fingerprint density at radius 2 is 2.04 bits per heavy atom. The molecule has 0 bridgehead atoms. The second-order valence-corrected chi connectivity index (χ2v) is 6.73. The zero-order valence-electron chi connectivity index (χ0n) is 14.8. The number of nitrogens with one attached hydrogen (secondary N) is 1. The Bertz CT molecular complexity index is 940. The molecule has 0 aliphatic rings. The van der Waals surface area contributed by atoms with Gasteiger partial charge in [-0.3, -0.25) is 9.48 Å². The molecule has 0 fully saturated rings. The largest absolute Gasteiger partial charge is 0.487 e. The quantitative estimate of drug-likeness (QED) is 0.620. The summed E-state index contributed by atoms with van der Waals surface area (Å²) in [5, 5.41) is 8.11. The number of halogens is 2. The van der Waals surface area contributed by atoms with Gasteiger partial charge in [-0.1, -0.05) is 35.3 Å². The van der Waals surface area contributed by atoms with Gasteiger partial charge < -0.3 is 10.1 Å². The van der Waals surface area contributed by atoms with Gasteiger partial charge in [-0.2, -0.15) is 5.10 Å². The van der Waals surface area contributed by atoms with Crippen molar-refractivity contribution >= 4 is 29.1 Å². The summed E-state index contributed by atoms with van der Waals surface area (Å²) in [6.07, 6.45) is 1.73. The van der Waals surface area contributed by atoms with E-state index < -0.39 is 0 Å². The molecule has 3 rings (SSSR count). The third-order valence-electron chi connectivity index (χ3n) is 4.01. The van der Waals surface area contributed by atoms with E-state index in [1.807, 2.05) is 29.8 Å². The van der Waals surface area contributed by atoms with E-state index >= 15 is 0 Å². The van der Waals surface area contributed by atoms with E-state index in [1.54, 1.807) is 36.5 Å². The summed E-state index contributed by atoms with van der Waals surface area (Å²) < 4.78 is 7.58. The normalized spacial score (nSPS) is 10.6. The zero-order chi connectivity index (χ0) is 19.2. The van der Waals surface area contributed by atoms with Crippen LogP contribution in [0.4, 0.5) is 0 Å². The molecule has 7 heteroatoms. The van der Waals surface area contributed by atoms with Gasteiger partial charge in [-0.05, 0) is 48.9 Å². The average Bonchev–Trinajstić information content (AvgIpc) is 3.13. The van der Waals surface area contributed by atoms with Crippen LogP contribution < -0.4 is 10.1 Å². The smallest absolute Gasteiger partial charge is 0.251 e. The van der Waals surface area contributed by atoms with E-state index in [2.05, 4.69) is 10.4 Å². The van der Waals surface area contributed by atoms with Gasteiger partial charge in [-0.25, -0.2) is 0 Å². The third-order valence-corrected chi connectivity index (χ3v) is 4.54. The van der Waals surface area contributed by atoms with E-state index in [0.717, 1.165) is 17.8 Å². The zero-order valence-corrected chi connectivity index (χ0v) is 16.3. The molecule has 0 radical (unpaired) electrons. The molecule has 5 nitrogen and oxygen atoms in total. The second-order valence-electron chi connectivity index (χ2n) is 5.88. The maximum Gasteiger partial charge on any atom is 0.251 e. The molecular formula is C20H19Cl2N3O2. The van der Waals surface area contributed by atoms with Crippen molar-refractivity contribution in [2.45, 2.75) is 26.6 Å². The number of aromatic nitrogens is 2. The Hall–Kier alpha value is -2.50. The Morgan fingerprint density at radius 3 is 2.81 bits per heavy atom. The molecule has 27 heavy (non-hydrogen) atoms. The minimum absolute atomic E-state index is 0.148. The minimum Gasteiger partial charge on any atom is -0.487 e.